The molecule has 0 aromatic carbocycles. The zero-order valence-corrected chi connectivity index (χ0v) is 8.41. The average Bonchev–Trinajstić information content (AvgIpc) is 1.81. The van der Waals surface area contributed by atoms with Gasteiger partial charge in [0.15, 0.2) is 0 Å². The minimum Gasteiger partial charge on any atom is -0.103 e. The molecular weight excluding hydrogens is 291 g/mol. The van der Waals surface area contributed by atoms with Gasteiger partial charge in [-0.15, -0.1) is 6.58 Å². The Hall–Kier alpha value is 0.428. The molecule has 0 spiro atoms. The van der Waals surface area contributed by atoms with Crippen LogP contribution >= 0.6 is 0 Å². The zero-order chi connectivity index (χ0) is 6.24. The first-order valence-corrected chi connectivity index (χ1v) is 3.52. The van der Waals surface area contributed by atoms with E-state index in [1.165, 1.54) is 32.1 Å². The third-order valence-corrected chi connectivity index (χ3v) is 1.26. The van der Waals surface area contributed by atoms with Gasteiger partial charge in [0.05, 0.1) is 0 Å². The van der Waals surface area contributed by atoms with E-state index in [9.17, 15) is 0 Å². The number of rotatable bonds is 5. The number of hydrogen-bond acceptors (Lipinski definition) is 0. The molecule has 0 heterocycles. The van der Waals surface area contributed by atoms with Gasteiger partial charge in [0, 0.05) is 21.1 Å². The summed E-state index contributed by atoms with van der Waals surface area (Å²) in [6.07, 6.45) is 8.61. The van der Waals surface area contributed by atoms with Crippen molar-refractivity contribution >= 4 is 0 Å². The van der Waals surface area contributed by atoms with Crippen molar-refractivity contribution in [2.75, 3.05) is 0 Å². The van der Waals surface area contributed by atoms with Gasteiger partial charge in [-0.05, 0) is 12.8 Å². The van der Waals surface area contributed by atoms with Crippen molar-refractivity contribution in [1.29, 1.82) is 0 Å². The molecule has 0 aromatic rings. The van der Waals surface area contributed by atoms with E-state index in [0.717, 1.165) is 0 Å². The summed E-state index contributed by atoms with van der Waals surface area (Å²) >= 11 is 0. The maximum Gasteiger partial charge on any atom is 0 e. The summed E-state index contributed by atoms with van der Waals surface area (Å²) < 4.78 is 0. The molecule has 0 fully saturated rings. The average molecular weight is 307 g/mol. The fourth-order valence-corrected chi connectivity index (χ4v) is 0.715. The van der Waals surface area contributed by atoms with Gasteiger partial charge in [-0.2, -0.15) is 0 Å². The third kappa shape index (κ3) is 11.8. The van der Waals surface area contributed by atoms with Gasteiger partial charge in [0.2, 0.25) is 0 Å². The van der Waals surface area contributed by atoms with Crippen molar-refractivity contribution in [3.63, 3.8) is 0 Å². The summed E-state index contributed by atoms with van der Waals surface area (Å²) in [5.41, 5.74) is 0. The van der Waals surface area contributed by atoms with Gasteiger partial charge in [0.25, 0.3) is 0 Å². The summed E-state index contributed by atoms with van der Waals surface area (Å²) in [4.78, 5) is 0. The van der Waals surface area contributed by atoms with Crippen LogP contribution in [0.2, 0.25) is 0 Å². The maximum atomic E-state index is 3.66. The van der Waals surface area contributed by atoms with E-state index in [0.29, 0.717) is 0 Å². The molecule has 0 radical (unpaired) electrons. The number of hydrogen-bond donors (Lipinski definition) is 0. The molecule has 0 nitrogen and oxygen atoms in total. The van der Waals surface area contributed by atoms with Crippen LogP contribution < -0.4 is 0 Å². The Bertz CT molecular complexity index is 50.5. The molecule has 1 heteroatoms. The van der Waals surface area contributed by atoms with E-state index in [1.807, 2.05) is 6.08 Å². The Kier molecular flexibility index (Phi) is 15.2. The minimum absolute atomic E-state index is 0. The SMILES string of the molecule is C=CCCCCCC.[Pt]. The summed E-state index contributed by atoms with van der Waals surface area (Å²) in [7, 11) is 0. The van der Waals surface area contributed by atoms with Gasteiger partial charge in [-0.3, -0.25) is 0 Å². The molecule has 0 aliphatic carbocycles. The molecule has 0 amide bonds. The fourth-order valence-electron chi connectivity index (χ4n) is 0.715. The molecule has 0 rings (SSSR count). The van der Waals surface area contributed by atoms with Crippen LogP contribution in [0.5, 0.6) is 0 Å². The second-order valence-electron chi connectivity index (χ2n) is 2.14. The molecule has 0 aromatic heterocycles. The Morgan fingerprint density at radius 3 is 2.33 bits per heavy atom. The molecule has 9 heavy (non-hydrogen) atoms. The maximum absolute atomic E-state index is 3.66. The number of unbranched alkanes of at least 4 members (excludes halogenated alkanes) is 4. The van der Waals surface area contributed by atoms with Crippen molar-refractivity contribution in [3.05, 3.63) is 12.7 Å². The van der Waals surface area contributed by atoms with E-state index < -0.39 is 0 Å². The monoisotopic (exact) mass is 307 g/mol. The Balaban J connectivity index is 0. The van der Waals surface area contributed by atoms with E-state index in [4.69, 9.17) is 0 Å². The molecule has 0 saturated carbocycles. The van der Waals surface area contributed by atoms with E-state index in [1.54, 1.807) is 0 Å². The summed E-state index contributed by atoms with van der Waals surface area (Å²) in [5.74, 6) is 0. The summed E-state index contributed by atoms with van der Waals surface area (Å²) in [6.45, 7) is 5.89. The van der Waals surface area contributed by atoms with Crippen molar-refractivity contribution < 1.29 is 21.1 Å². The molecule has 58 valence electrons. The standard InChI is InChI=1S/C8H16.Pt/c1-3-5-7-8-6-4-2;/h3H,1,4-8H2,2H3;. The topological polar surface area (TPSA) is 0 Å². The predicted molar refractivity (Wildman–Crippen MR) is 39.0 cm³/mol. The molecule has 0 bridgehead atoms. The van der Waals surface area contributed by atoms with Crippen LogP contribution in [0.3, 0.4) is 0 Å². The van der Waals surface area contributed by atoms with Crippen molar-refractivity contribution in [1.82, 2.24) is 0 Å². The fraction of sp³-hybridized carbons (Fsp3) is 0.750. The Morgan fingerprint density at radius 2 is 1.89 bits per heavy atom. The molecular formula is C8H16Pt. The largest absolute Gasteiger partial charge is 0.103 e. The van der Waals surface area contributed by atoms with Crippen molar-refractivity contribution in [2.24, 2.45) is 0 Å². The smallest absolute Gasteiger partial charge is 0 e. The van der Waals surface area contributed by atoms with Gasteiger partial charge >= 0.3 is 0 Å². The first-order valence-electron chi connectivity index (χ1n) is 3.52. The van der Waals surface area contributed by atoms with Crippen LogP contribution in [0.1, 0.15) is 39.0 Å². The number of allylic oxidation sites excluding steroid dienone is 1. The van der Waals surface area contributed by atoms with Crippen LogP contribution in [-0.2, 0) is 21.1 Å². The van der Waals surface area contributed by atoms with Gasteiger partial charge < -0.3 is 0 Å². The quantitative estimate of drug-likeness (QED) is 0.541. The zero-order valence-electron chi connectivity index (χ0n) is 6.14. The normalized spacial score (nSPS) is 8.11. The second-order valence-corrected chi connectivity index (χ2v) is 2.14. The van der Waals surface area contributed by atoms with Crippen LogP contribution in [-0.4, -0.2) is 0 Å². The molecule has 0 aliphatic rings. The van der Waals surface area contributed by atoms with Gasteiger partial charge in [-0.25, -0.2) is 0 Å². The molecule has 0 atom stereocenters. The van der Waals surface area contributed by atoms with Crippen molar-refractivity contribution in [3.8, 4) is 0 Å². The minimum atomic E-state index is 0. The summed E-state index contributed by atoms with van der Waals surface area (Å²) in [5, 5.41) is 0. The molecule has 0 unspecified atom stereocenters. The van der Waals surface area contributed by atoms with E-state index in [2.05, 4.69) is 13.5 Å². The first kappa shape index (κ1) is 12.1. The van der Waals surface area contributed by atoms with E-state index in [-0.39, 0.29) is 21.1 Å². The second kappa shape index (κ2) is 11.3. The third-order valence-electron chi connectivity index (χ3n) is 1.26. The van der Waals surface area contributed by atoms with Crippen LogP contribution in [0, 0.1) is 0 Å². The Morgan fingerprint density at radius 1 is 1.22 bits per heavy atom. The van der Waals surface area contributed by atoms with Crippen LogP contribution in [0.15, 0.2) is 12.7 Å². The van der Waals surface area contributed by atoms with Crippen LogP contribution in [0.4, 0.5) is 0 Å². The molecule has 0 saturated heterocycles. The predicted octanol–water partition coefficient (Wildman–Crippen LogP) is 3.14. The first-order chi connectivity index (χ1) is 3.91. The Labute approximate surface area is 73.0 Å². The molecule has 0 aliphatic heterocycles. The van der Waals surface area contributed by atoms with E-state index >= 15 is 0 Å². The molecule has 0 N–H and O–H groups in total. The van der Waals surface area contributed by atoms with Gasteiger partial charge in [-0.1, -0.05) is 32.3 Å². The van der Waals surface area contributed by atoms with Crippen molar-refractivity contribution in [2.45, 2.75) is 39.0 Å². The summed E-state index contributed by atoms with van der Waals surface area (Å²) in [6, 6.07) is 0. The van der Waals surface area contributed by atoms with Gasteiger partial charge in [0.1, 0.15) is 0 Å². The van der Waals surface area contributed by atoms with Crippen LogP contribution in [0.25, 0.3) is 0 Å².